The Labute approximate surface area is 173 Å². The maximum absolute atomic E-state index is 12.5. The fraction of sp³-hybridized carbons (Fsp3) is 0.269. The Morgan fingerprint density at radius 3 is 2.03 bits per heavy atom. The number of carbonyl (C=O) groups is 1. The Hall–Kier alpha value is -3.07. The summed E-state index contributed by atoms with van der Waals surface area (Å²) in [6.07, 6.45) is 0.395. The summed E-state index contributed by atoms with van der Waals surface area (Å²) in [7, 11) is 0. The van der Waals surface area contributed by atoms with Crippen LogP contribution in [0.25, 0.3) is 0 Å². The van der Waals surface area contributed by atoms with E-state index < -0.39 is 11.4 Å². The molecule has 150 valence electrons. The highest BCUT2D eigenvalue weighted by molar-refractivity contribution is 5.83. The van der Waals surface area contributed by atoms with Gasteiger partial charge in [0.2, 0.25) is 0 Å². The molecule has 1 atom stereocenters. The van der Waals surface area contributed by atoms with Crippen LogP contribution in [0, 0.1) is 0 Å². The van der Waals surface area contributed by atoms with E-state index >= 15 is 0 Å². The number of carboxylic acids is 1. The third kappa shape index (κ3) is 4.68. The molecule has 0 radical (unpaired) electrons. The molecule has 0 amide bonds. The Balaban J connectivity index is 2.05. The van der Waals surface area contributed by atoms with Crippen molar-refractivity contribution in [3.8, 4) is 5.75 Å². The van der Waals surface area contributed by atoms with Gasteiger partial charge >= 0.3 is 5.97 Å². The number of hydrogen-bond acceptors (Lipinski definition) is 2. The zero-order valence-electron chi connectivity index (χ0n) is 17.3. The highest BCUT2D eigenvalue weighted by Gasteiger charge is 2.39. The third-order valence-corrected chi connectivity index (χ3v) is 5.36. The van der Waals surface area contributed by atoms with Crippen LogP contribution in [-0.4, -0.2) is 11.1 Å². The maximum atomic E-state index is 12.5. The van der Waals surface area contributed by atoms with Gasteiger partial charge in [-0.1, -0.05) is 92.7 Å². The van der Waals surface area contributed by atoms with E-state index in [1.54, 1.807) is 6.92 Å². The van der Waals surface area contributed by atoms with Crippen molar-refractivity contribution in [1.82, 2.24) is 0 Å². The summed E-state index contributed by atoms with van der Waals surface area (Å²) in [5.74, 6) is 0.0505. The van der Waals surface area contributed by atoms with Gasteiger partial charge < -0.3 is 9.84 Å². The molecular weight excluding hydrogens is 360 g/mol. The van der Waals surface area contributed by atoms with Gasteiger partial charge in [0.1, 0.15) is 12.4 Å². The molecule has 3 aromatic rings. The summed E-state index contributed by atoms with van der Waals surface area (Å²) in [6, 6.07) is 25.6. The summed E-state index contributed by atoms with van der Waals surface area (Å²) in [5, 5.41) is 10.2. The van der Waals surface area contributed by atoms with Crippen molar-refractivity contribution in [2.24, 2.45) is 0 Å². The van der Waals surface area contributed by atoms with Crippen LogP contribution in [0.2, 0.25) is 0 Å². The minimum atomic E-state index is -1.10. The minimum absolute atomic E-state index is 0.218. The zero-order chi connectivity index (χ0) is 20.9. The highest BCUT2D eigenvalue weighted by atomic mass is 16.5. The average molecular weight is 389 g/mol. The summed E-state index contributed by atoms with van der Waals surface area (Å²) in [6.45, 7) is 6.39. The number of aliphatic carboxylic acids is 1. The van der Waals surface area contributed by atoms with Crippen LogP contribution < -0.4 is 4.74 Å². The van der Waals surface area contributed by atoms with Gasteiger partial charge in [0.05, 0.1) is 5.41 Å². The van der Waals surface area contributed by atoms with Crippen molar-refractivity contribution in [3.63, 3.8) is 0 Å². The van der Waals surface area contributed by atoms with Crippen molar-refractivity contribution in [2.45, 2.75) is 45.1 Å². The molecule has 3 aromatic carbocycles. The fourth-order valence-electron chi connectivity index (χ4n) is 3.62. The lowest BCUT2D eigenvalue weighted by Crippen LogP contribution is -2.35. The van der Waals surface area contributed by atoms with E-state index in [1.165, 1.54) is 0 Å². The van der Waals surface area contributed by atoms with E-state index in [1.807, 2.05) is 78.9 Å². The summed E-state index contributed by atoms with van der Waals surface area (Å²) in [5.41, 5.74) is 2.69. The lowest BCUT2D eigenvalue weighted by molar-refractivity contribution is -0.143. The van der Waals surface area contributed by atoms with Gasteiger partial charge in [-0.3, -0.25) is 4.79 Å². The number of benzene rings is 3. The van der Waals surface area contributed by atoms with E-state index in [4.69, 9.17) is 4.74 Å². The van der Waals surface area contributed by atoms with E-state index in [0.29, 0.717) is 18.8 Å². The molecular formula is C26H28O3. The standard InChI is InChI=1S/C26H28O3/c1-19(2)22-15-10-16-23(24(22)29-18-21-13-8-5-9-14-21)26(3,25(27)28)17-20-11-6-4-7-12-20/h4-16,19H,17-18H2,1-3H3,(H,27,28). The van der Waals surface area contributed by atoms with Crippen molar-refractivity contribution in [2.75, 3.05) is 0 Å². The molecule has 0 aliphatic carbocycles. The summed E-state index contributed by atoms with van der Waals surface area (Å²) in [4.78, 5) is 12.5. The van der Waals surface area contributed by atoms with Gasteiger partial charge in [-0.25, -0.2) is 0 Å². The normalized spacial score (nSPS) is 13.1. The smallest absolute Gasteiger partial charge is 0.314 e. The molecule has 3 heteroatoms. The molecule has 0 aliphatic heterocycles. The first-order chi connectivity index (χ1) is 13.9. The second-order valence-corrected chi connectivity index (χ2v) is 7.95. The lowest BCUT2D eigenvalue weighted by Gasteiger charge is -2.29. The number of hydrogen-bond donors (Lipinski definition) is 1. The van der Waals surface area contributed by atoms with E-state index in [2.05, 4.69) is 13.8 Å². The van der Waals surface area contributed by atoms with Crippen LogP contribution in [0.5, 0.6) is 5.75 Å². The van der Waals surface area contributed by atoms with Crippen molar-refractivity contribution >= 4 is 5.97 Å². The van der Waals surface area contributed by atoms with Gasteiger partial charge in [0, 0.05) is 5.56 Å². The monoisotopic (exact) mass is 388 g/mol. The molecule has 0 aliphatic rings. The highest BCUT2D eigenvalue weighted by Crippen LogP contribution is 2.40. The van der Waals surface area contributed by atoms with Crippen LogP contribution >= 0.6 is 0 Å². The van der Waals surface area contributed by atoms with Crippen molar-refractivity contribution < 1.29 is 14.6 Å². The largest absolute Gasteiger partial charge is 0.488 e. The molecule has 0 heterocycles. The molecule has 0 spiro atoms. The number of carboxylic acid groups (broad SMARTS) is 1. The van der Waals surface area contributed by atoms with Crippen LogP contribution in [0.3, 0.4) is 0 Å². The SMILES string of the molecule is CC(C)c1cccc(C(C)(Cc2ccccc2)C(=O)O)c1OCc1ccccc1. The van der Waals surface area contributed by atoms with Gasteiger partial charge in [0.25, 0.3) is 0 Å². The molecule has 1 unspecified atom stereocenters. The molecule has 0 fully saturated rings. The predicted octanol–water partition coefficient (Wildman–Crippen LogP) is 5.97. The lowest BCUT2D eigenvalue weighted by atomic mass is 9.75. The van der Waals surface area contributed by atoms with Gasteiger partial charge in [-0.15, -0.1) is 0 Å². The Kier molecular flexibility index (Phi) is 6.38. The summed E-state index contributed by atoms with van der Waals surface area (Å²) < 4.78 is 6.29. The van der Waals surface area contributed by atoms with Gasteiger partial charge in [0.15, 0.2) is 0 Å². The topological polar surface area (TPSA) is 46.5 Å². The Morgan fingerprint density at radius 1 is 0.897 bits per heavy atom. The van der Waals surface area contributed by atoms with E-state index in [0.717, 1.165) is 22.3 Å². The van der Waals surface area contributed by atoms with Crippen LogP contribution in [-0.2, 0) is 23.2 Å². The summed E-state index contributed by atoms with van der Waals surface area (Å²) >= 11 is 0. The van der Waals surface area contributed by atoms with E-state index in [9.17, 15) is 9.90 Å². The van der Waals surface area contributed by atoms with Crippen molar-refractivity contribution in [1.29, 1.82) is 0 Å². The number of para-hydroxylation sites is 1. The minimum Gasteiger partial charge on any atom is -0.488 e. The van der Waals surface area contributed by atoms with Gasteiger partial charge in [-0.05, 0) is 36.0 Å². The number of rotatable bonds is 8. The second kappa shape index (κ2) is 8.95. The first-order valence-electron chi connectivity index (χ1n) is 9.99. The molecule has 0 bridgehead atoms. The predicted molar refractivity (Wildman–Crippen MR) is 116 cm³/mol. The Bertz CT molecular complexity index is 948. The quantitative estimate of drug-likeness (QED) is 0.517. The molecule has 3 nitrogen and oxygen atoms in total. The van der Waals surface area contributed by atoms with Crippen LogP contribution in [0.4, 0.5) is 0 Å². The van der Waals surface area contributed by atoms with E-state index in [-0.39, 0.29) is 5.92 Å². The molecule has 0 saturated carbocycles. The molecule has 3 rings (SSSR count). The molecule has 29 heavy (non-hydrogen) atoms. The molecule has 0 saturated heterocycles. The average Bonchev–Trinajstić information content (AvgIpc) is 2.73. The molecule has 1 N–H and O–H groups in total. The molecule has 0 aromatic heterocycles. The van der Waals surface area contributed by atoms with Crippen LogP contribution in [0.1, 0.15) is 48.9 Å². The van der Waals surface area contributed by atoms with Gasteiger partial charge in [-0.2, -0.15) is 0 Å². The first kappa shape index (κ1) is 20.7. The second-order valence-electron chi connectivity index (χ2n) is 7.95. The Morgan fingerprint density at radius 2 is 1.48 bits per heavy atom. The first-order valence-corrected chi connectivity index (χ1v) is 9.99. The zero-order valence-corrected chi connectivity index (χ0v) is 17.3. The fourth-order valence-corrected chi connectivity index (χ4v) is 3.62. The maximum Gasteiger partial charge on any atom is 0.314 e. The number of ether oxygens (including phenoxy) is 1. The third-order valence-electron chi connectivity index (χ3n) is 5.36. The van der Waals surface area contributed by atoms with Crippen molar-refractivity contribution in [3.05, 3.63) is 101 Å². The van der Waals surface area contributed by atoms with Crippen LogP contribution in [0.15, 0.2) is 78.9 Å².